The Morgan fingerprint density at radius 3 is 3.04 bits per heavy atom. The Kier molecular flexibility index (Phi) is 4.71. The van der Waals surface area contributed by atoms with Crippen LogP contribution in [-0.2, 0) is 11.3 Å². The van der Waals surface area contributed by atoms with E-state index >= 15 is 0 Å². The van der Waals surface area contributed by atoms with E-state index in [1.54, 1.807) is 6.20 Å². The number of nitrogens with zero attached hydrogens (tertiary/aromatic N) is 2. The number of carbonyl (C=O) groups excluding carboxylic acids is 2. The average Bonchev–Trinajstić information content (AvgIpc) is 3.23. The number of rotatable bonds is 4. The van der Waals surface area contributed by atoms with Crippen LogP contribution in [0.25, 0.3) is 0 Å². The van der Waals surface area contributed by atoms with E-state index in [1.165, 1.54) is 18.3 Å². The summed E-state index contributed by atoms with van der Waals surface area (Å²) in [6.07, 6.45) is 3.71. The van der Waals surface area contributed by atoms with Crippen molar-refractivity contribution in [2.24, 2.45) is 0 Å². The summed E-state index contributed by atoms with van der Waals surface area (Å²) >= 11 is 1.48. The van der Waals surface area contributed by atoms with Gasteiger partial charge in [0.1, 0.15) is 0 Å². The molecule has 0 bridgehead atoms. The van der Waals surface area contributed by atoms with E-state index in [4.69, 9.17) is 0 Å². The number of carbonyl (C=O) groups is 2. The van der Waals surface area contributed by atoms with Gasteiger partial charge >= 0.3 is 0 Å². The number of thiophene rings is 1. The number of nitrogens with one attached hydrogen (secondary N) is 1. The van der Waals surface area contributed by atoms with Crippen molar-refractivity contribution in [3.05, 3.63) is 52.0 Å². The lowest BCUT2D eigenvalue weighted by molar-refractivity contribution is -0.119. The zero-order chi connectivity index (χ0) is 16.2. The molecule has 1 N–H and O–H groups in total. The summed E-state index contributed by atoms with van der Waals surface area (Å²) in [4.78, 5) is 30.7. The lowest BCUT2D eigenvalue weighted by Crippen LogP contribution is -2.30. The Morgan fingerprint density at radius 1 is 1.43 bits per heavy atom. The summed E-state index contributed by atoms with van der Waals surface area (Å²) in [5.41, 5.74) is 1.90. The van der Waals surface area contributed by atoms with E-state index in [2.05, 4.69) is 10.3 Å². The first-order valence-corrected chi connectivity index (χ1v) is 8.57. The summed E-state index contributed by atoms with van der Waals surface area (Å²) in [7, 11) is 0. The van der Waals surface area contributed by atoms with Crippen LogP contribution < -0.4 is 5.32 Å². The summed E-state index contributed by atoms with van der Waals surface area (Å²) in [5.74, 6) is 0.0234. The maximum Gasteiger partial charge on any atom is 0.264 e. The van der Waals surface area contributed by atoms with Crippen molar-refractivity contribution in [1.82, 2.24) is 15.2 Å². The second-order valence-electron chi connectivity index (χ2n) is 5.62. The highest BCUT2D eigenvalue weighted by molar-refractivity contribution is 7.12. The van der Waals surface area contributed by atoms with Crippen LogP contribution in [0.15, 0.2) is 35.8 Å². The van der Waals surface area contributed by atoms with Gasteiger partial charge in [0, 0.05) is 19.7 Å². The van der Waals surface area contributed by atoms with E-state index in [0.29, 0.717) is 6.54 Å². The molecule has 6 heteroatoms. The van der Waals surface area contributed by atoms with Crippen molar-refractivity contribution in [2.75, 3.05) is 6.54 Å². The fourth-order valence-corrected chi connectivity index (χ4v) is 3.59. The Balaban J connectivity index is 1.78. The Labute approximate surface area is 139 Å². The van der Waals surface area contributed by atoms with Crippen LogP contribution in [-0.4, -0.2) is 28.2 Å². The van der Waals surface area contributed by atoms with Crippen molar-refractivity contribution < 1.29 is 9.59 Å². The lowest BCUT2D eigenvalue weighted by atomic mass is 10.0. The quantitative estimate of drug-likeness (QED) is 0.938. The molecular formula is C17H19N3O2S. The topological polar surface area (TPSA) is 62.3 Å². The van der Waals surface area contributed by atoms with E-state index in [-0.39, 0.29) is 17.9 Å². The number of likely N-dealkylation sites (tertiary alicyclic amines) is 1. The third-order valence-corrected chi connectivity index (χ3v) is 4.85. The molecule has 2 amide bonds. The Hall–Kier alpha value is -2.21. The second-order valence-corrected chi connectivity index (χ2v) is 6.57. The molecule has 5 nitrogen and oxygen atoms in total. The Morgan fingerprint density at radius 2 is 2.30 bits per heavy atom. The van der Waals surface area contributed by atoms with Crippen molar-refractivity contribution in [3.63, 3.8) is 0 Å². The minimum atomic E-state index is -0.0763. The number of pyridine rings is 1. The average molecular weight is 329 g/mol. The molecule has 2 aromatic heterocycles. The predicted octanol–water partition coefficient (Wildman–Crippen LogP) is 2.76. The Bertz CT molecular complexity index is 700. The molecule has 1 saturated heterocycles. The fraction of sp³-hybridized carbons (Fsp3) is 0.353. The van der Waals surface area contributed by atoms with Crippen molar-refractivity contribution >= 4 is 23.2 Å². The highest BCUT2D eigenvalue weighted by atomic mass is 32.1. The first kappa shape index (κ1) is 15.7. The van der Waals surface area contributed by atoms with Crippen molar-refractivity contribution in [1.29, 1.82) is 0 Å². The molecule has 1 aliphatic rings. The van der Waals surface area contributed by atoms with Gasteiger partial charge in [0.15, 0.2) is 0 Å². The summed E-state index contributed by atoms with van der Waals surface area (Å²) in [6, 6.07) is 7.81. The lowest BCUT2D eigenvalue weighted by Gasteiger charge is -2.25. The van der Waals surface area contributed by atoms with Gasteiger partial charge in [-0.2, -0.15) is 0 Å². The molecule has 1 unspecified atom stereocenters. The molecule has 0 saturated carbocycles. The minimum Gasteiger partial charge on any atom is -0.351 e. The van der Waals surface area contributed by atoms with Gasteiger partial charge in [-0.05, 0) is 42.0 Å². The van der Waals surface area contributed by atoms with Crippen LogP contribution in [0.3, 0.4) is 0 Å². The second kappa shape index (κ2) is 6.91. The zero-order valence-electron chi connectivity index (χ0n) is 13.0. The van der Waals surface area contributed by atoms with Crippen molar-refractivity contribution in [3.8, 4) is 0 Å². The molecule has 0 aliphatic carbocycles. The highest BCUT2D eigenvalue weighted by Crippen LogP contribution is 2.33. The number of amides is 2. The first-order valence-electron chi connectivity index (χ1n) is 7.69. The summed E-state index contributed by atoms with van der Waals surface area (Å²) < 4.78 is 0. The third-order valence-electron chi connectivity index (χ3n) is 3.99. The highest BCUT2D eigenvalue weighted by Gasteiger charge is 2.31. The smallest absolute Gasteiger partial charge is 0.264 e. The molecule has 0 aromatic carbocycles. The van der Waals surface area contributed by atoms with Crippen molar-refractivity contribution in [2.45, 2.75) is 32.4 Å². The monoisotopic (exact) mass is 329 g/mol. The van der Waals surface area contributed by atoms with Crippen LogP contribution in [0, 0.1) is 0 Å². The van der Waals surface area contributed by atoms with Crippen LogP contribution in [0.2, 0.25) is 0 Å². The van der Waals surface area contributed by atoms with Crippen LogP contribution in [0.5, 0.6) is 0 Å². The van der Waals surface area contributed by atoms with E-state index in [0.717, 1.165) is 35.5 Å². The predicted molar refractivity (Wildman–Crippen MR) is 89.1 cm³/mol. The summed E-state index contributed by atoms with van der Waals surface area (Å²) in [6.45, 7) is 2.68. The molecule has 120 valence electrons. The largest absolute Gasteiger partial charge is 0.351 e. The number of aromatic nitrogens is 1. The van der Waals surface area contributed by atoms with Gasteiger partial charge in [-0.3, -0.25) is 14.6 Å². The third kappa shape index (κ3) is 3.59. The van der Waals surface area contributed by atoms with Gasteiger partial charge in [-0.15, -0.1) is 11.3 Å². The van der Waals surface area contributed by atoms with E-state index in [9.17, 15) is 9.59 Å². The minimum absolute atomic E-state index is 0.0763. The fourth-order valence-electron chi connectivity index (χ4n) is 2.91. The van der Waals surface area contributed by atoms with Gasteiger partial charge in [-0.25, -0.2) is 0 Å². The first-order chi connectivity index (χ1) is 11.1. The van der Waals surface area contributed by atoms with Gasteiger partial charge in [0.2, 0.25) is 5.91 Å². The van der Waals surface area contributed by atoms with E-state index < -0.39 is 0 Å². The zero-order valence-corrected chi connectivity index (χ0v) is 13.8. The molecule has 3 heterocycles. The molecule has 0 radical (unpaired) electrons. The van der Waals surface area contributed by atoms with Gasteiger partial charge < -0.3 is 10.2 Å². The van der Waals surface area contributed by atoms with Crippen LogP contribution >= 0.6 is 11.3 Å². The molecule has 1 atom stereocenters. The molecule has 1 aliphatic heterocycles. The molecule has 1 fully saturated rings. The SMILES string of the molecule is CC(=O)NCc1cc(C2CCCN2C(=O)c2cccs2)ccn1. The summed E-state index contributed by atoms with van der Waals surface area (Å²) in [5, 5.41) is 4.68. The standard InChI is InChI=1S/C17H19N3O2S/c1-12(21)19-11-14-10-13(6-7-18-14)15-4-2-8-20(15)17(22)16-5-3-9-23-16/h3,5-7,9-10,15H,2,4,8,11H2,1H3,(H,19,21). The molecular weight excluding hydrogens is 310 g/mol. The molecule has 0 spiro atoms. The van der Waals surface area contributed by atoms with Gasteiger partial charge in [0.25, 0.3) is 5.91 Å². The number of hydrogen-bond donors (Lipinski definition) is 1. The van der Waals surface area contributed by atoms with Crippen LogP contribution in [0.4, 0.5) is 0 Å². The van der Waals surface area contributed by atoms with Gasteiger partial charge in [-0.1, -0.05) is 6.07 Å². The molecule has 3 rings (SSSR count). The van der Waals surface area contributed by atoms with Gasteiger partial charge in [0.05, 0.1) is 23.2 Å². The molecule has 23 heavy (non-hydrogen) atoms. The number of hydrogen-bond acceptors (Lipinski definition) is 4. The van der Waals surface area contributed by atoms with Crippen LogP contribution in [0.1, 0.15) is 46.7 Å². The molecule has 2 aromatic rings. The van der Waals surface area contributed by atoms with E-state index in [1.807, 2.05) is 34.5 Å². The maximum atomic E-state index is 12.7. The normalized spacial score (nSPS) is 17.3. The maximum absolute atomic E-state index is 12.7.